The summed E-state index contributed by atoms with van der Waals surface area (Å²) in [7, 11) is 1.45. The molecule has 1 saturated heterocycles. The van der Waals surface area contributed by atoms with Crippen molar-refractivity contribution in [3.05, 3.63) is 29.6 Å². The van der Waals surface area contributed by atoms with Gasteiger partial charge in [0.2, 0.25) is 5.91 Å². The van der Waals surface area contributed by atoms with Crippen molar-refractivity contribution in [1.82, 2.24) is 10.6 Å². The average molecular weight is 345 g/mol. The highest BCUT2D eigenvalue weighted by atomic mass is 35.5. The predicted octanol–water partition coefficient (Wildman–Crippen LogP) is 2.69. The van der Waals surface area contributed by atoms with E-state index in [0.29, 0.717) is 25.3 Å². The summed E-state index contributed by atoms with van der Waals surface area (Å²) in [5, 5.41) is 6.24. The second-order valence-corrected chi connectivity index (χ2v) is 5.80. The van der Waals surface area contributed by atoms with Crippen LogP contribution < -0.4 is 15.4 Å². The molecule has 1 aromatic rings. The Labute approximate surface area is 143 Å². The van der Waals surface area contributed by atoms with E-state index in [1.807, 2.05) is 6.07 Å². The monoisotopic (exact) mass is 344 g/mol. The van der Waals surface area contributed by atoms with Gasteiger partial charge in [0.1, 0.15) is 0 Å². The highest BCUT2D eigenvalue weighted by Gasteiger charge is 2.14. The van der Waals surface area contributed by atoms with Gasteiger partial charge < -0.3 is 15.4 Å². The van der Waals surface area contributed by atoms with Gasteiger partial charge in [-0.2, -0.15) is 0 Å². The van der Waals surface area contributed by atoms with E-state index >= 15 is 0 Å². The Morgan fingerprint density at radius 2 is 2.13 bits per heavy atom. The number of carbonyl (C=O) groups excluding carboxylic acids is 1. The minimum Gasteiger partial charge on any atom is -0.494 e. The van der Waals surface area contributed by atoms with Gasteiger partial charge in [0.05, 0.1) is 7.11 Å². The molecule has 0 unspecified atom stereocenters. The second-order valence-electron chi connectivity index (χ2n) is 5.80. The van der Waals surface area contributed by atoms with Crippen molar-refractivity contribution in [1.29, 1.82) is 0 Å². The Bertz CT molecular complexity index is 493. The maximum Gasteiger partial charge on any atom is 0.220 e. The average Bonchev–Trinajstić information content (AvgIpc) is 2.54. The summed E-state index contributed by atoms with van der Waals surface area (Å²) in [6, 6.07) is 4.90. The zero-order valence-corrected chi connectivity index (χ0v) is 14.4. The summed E-state index contributed by atoms with van der Waals surface area (Å²) in [6.07, 6.45) is 4.50. The van der Waals surface area contributed by atoms with Crippen molar-refractivity contribution in [3.8, 4) is 5.75 Å². The minimum absolute atomic E-state index is 0. The minimum atomic E-state index is -0.364. The zero-order chi connectivity index (χ0) is 15.8. The van der Waals surface area contributed by atoms with E-state index in [9.17, 15) is 9.18 Å². The fraction of sp³-hybridized carbons (Fsp3) is 0.588. The van der Waals surface area contributed by atoms with Crippen LogP contribution in [-0.4, -0.2) is 32.7 Å². The molecule has 6 heteroatoms. The molecule has 0 aliphatic carbocycles. The molecule has 2 N–H and O–H groups in total. The van der Waals surface area contributed by atoms with Crippen LogP contribution in [0.4, 0.5) is 4.39 Å². The maximum atomic E-state index is 13.5. The quantitative estimate of drug-likeness (QED) is 0.799. The van der Waals surface area contributed by atoms with Crippen LogP contribution in [0.5, 0.6) is 5.75 Å². The molecular weight excluding hydrogens is 319 g/mol. The Morgan fingerprint density at radius 1 is 1.39 bits per heavy atom. The van der Waals surface area contributed by atoms with Crippen LogP contribution in [-0.2, 0) is 11.2 Å². The van der Waals surface area contributed by atoms with Crippen LogP contribution in [0.1, 0.15) is 31.2 Å². The van der Waals surface area contributed by atoms with Crippen LogP contribution in [0.15, 0.2) is 18.2 Å². The highest BCUT2D eigenvalue weighted by Crippen LogP contribution is 2.18. The first-order valence-electron chi connectivity index (χ1n) is 7.99. The van der Waals surface area contributed by atoms with Gasteiger partial charge in [-0.25, -0.2) is 4.39 Å². The molecule has 2 rings (SSSR count). The van der Waals surface area contributed by atoms with E-state index in [-0.39, 0.29) is 29.9 Å². The SMILES string of the molecule is COc1ccc(CCNC(=O)CCC2CCNCC2)cc1F.Cl. The molecule has 1 amide bonds. The third-order valence-electron chi connectivity index (χ3n) is 4.19. The number of halogens is 2. The number of benzene rings is 1. The van der Waals surface area contributed by atoms with Crippen molar-refractivity contribution in [3.63, 3.8) is 0 Å². The first-order chi connectivity index (χ1) is 10.7. The number of rotatable bonds is 7. The number of methoxy groups -OCH3 is 1. The Kier molecular flexibility index (Phi) is 8.95. The fourth-order valence-corrected chi connectivity index (χ4v) is 2.81. The lowest BCUT2D eigenvalue weighted by molar-refractivity contribution is -0.121. The molecule has 0 radical (unpaired) electrons. The van der Waals surface area contributed by atoms with Gasteiger partial charge in [-0.05, 0) is 62.4 Å². The van der Waals surface area contributed by atoms with Crippen molar-refractivity contribution >= 4 is 18.3 Å². The number of nitrogens with one attached hydrogen (secondary N) is 2. The van der Waals surface area contributed by atoms with Gasteiger partial charge in [0, 0.05) is 13.0 Å². The molecule has 0 atom stereocenters. The summed E-state index contributed by atoms with van der Waals surface area (Å²) in [6.45, 7) is 2.67. The molecule has 4 nitrogen and oxygen atoms in total. The van der Waals surface area contributed by atoms with Crippen molar-refractivity contribution < 1.29 is 13.9 Å². The Morgan fingerprint density at radius 3 is 2.78 bits per heavy atom. The Hall–Kier alpha value is -1.33. The van der Waals surface area contributed by atoms with Gasteiger partial charge >= 0.3 is 0 Å². The fourth-order valence-electron chi connectivity index (χ4n) is 2.81. The summed E-state index contributed by atoms with van der Waals surface area (Å²) in [4.78, 5) is 11.8. The van der Waals surface area contributed by atoms with Crippen molar-refractivity contribution in [2.45, 2.75) is 32.1 Å². The van der Waals surface area contributed by atoms with E-state index in [1.54, 1.807) is 6.07 Å². The van der Waals surface area contributed by atoms with Gasteiger partial charge in [0.25, 0.3) is 0 Å². The largest absolute Gasteiger partial charge is 0.494 e. The first kappa shape index (κ1) is 19.7. The van der Waals surface area contributed by atoms with Crippen LogP contribution in [0.2, 0.25) is 0 Å². The molecule has 0 aromatic heterocycles. The topological polar surface area (TPSA) is 50.4 Å². The summed E-state index contributed by atoms with van der Waals surface area (Å²) in [5.74, 6) is 0.641. The van der Waals surface area contributed by atoms with E-state index in [1.165, 1.54) is 26.0 Å². The molecule has 23 heavy (non-hydrogen) atoms. The molecule has 0 saturated carbocycles. The molecule has 1 aromatic carbocycles. The van der Waals surface area contributed by atoms with Crippen LogP contribution in [0.3, 0.4) is 0 Å². The van der Waals surface area contributed by atoms with Crippen LogP contribution in [0, 0.1) is 11.7 Å². The molecule has 130 valence electrons. The highest BCUT2D eigenvalue weighted by molar-refractivity contribution is 5.85. The third kappa shape index (κ3) is 6.75. The van der Waals surface area contributed by atoms with Gasteiger partial charge in [-0.1, -0.05) is 6.07 Å². The van der Waals surface area contributed by atoms with Gasteiger partial charge in [-0.15, -0.1) is 12.4 Å². The lowest BCUT2D eigenvalue weighted by Gasteiger charge is -2.22. The number of hydrogen-bond acceptors (Lipinski definition) is 3. The lowest BCUT2D eigenvalue weighted by Crippen LogP contribution is -2.30. The summed E-state index contributed by atoms with van der Waals surface area (Å²) < 4.78 is 18.4. The standard InChI is InChI=1S/C17H25FN2O2.ClH/c1-22-16-4-2-14(12-15(16)18)8-11-20-17(21)5-3-13-6-9-19-10-7-13;/h2,4,12-13,19H,3,5-11H2,1H3,(H,20,21);1H. The molecule has 1 aliphatic heterocycles. The van der Waals surface area contributed by atoms with E-state index in [0.717, 1.165) is 25.1 Å². The van der Waals surface area contributed by atoms with Crippen LogP contribution in [0.25, 0.3) is 0 Å². The smallest absolute Gasteiger partial charge is 0.220 e. The molecule has 0 spiro atoms. The van der Waals surface area contributed by atoms with Crippen molar-refractivity contribution in [2.24, 2.45) is 5.92 Å². The molecule has 1 aliphatic rings. The number of ether oxygens (including phenoxy) is 1. The maximum absolute atomic E-state index is 13.5. The number of amides is 1. The summed E-state index contributed by atoms with van der Waals surface area (Å²) >= 11 is 0. The molecule has 0 bridgehead atoms. The van der Waals surface area contributed by atoms with Crippen molar-refractivity contribution in [2.75, 3.05) is 26.7 Å². The van der Waals surface area contributed by atoms with E-state index in [4.69, 9.17) is 4.74 Å². The zero-order valence-electron chi connectivity index (χ0n) is 13.6. The molecular formula is C17H26ClFN2O2. The van der Waals surface area contributed by atoms with Crippen LogP contribution >= 0.6 is 12.4 Å². The lowest BCUT2D eigenvalue weighted by atomic mass is 9.93. The number of piperidine rings is 1. The number of hydrogen-bond donors (Lipinski definition) is 2. The van der Waals surface area contributed by atoms with Gasteiger partial charge in [-0.3, -0.25) is 4.79 Å². The predicted molar refractivity (Wildman–Crippen MR) is 91.7 cm³/mol. The second kappa shape index (κ2) is 10.4. The van der Waals surface area contributed by atoms with E-state index in [2.05, 4.69) is 10.6 Å². The summed E-state index contributed by atoms with van der Waals surface area (Å²) in [5.41, 5.74) is 0.858. The molecule has 1 heterocycles. The third-order valence-corrected chi connectivity index (χ3v) is 4.19. The van der Waals surface area contributed by atoms with Gasteiger partial charge in [0.15, 0.2) is 11.6 Å². The normalized spacial score (nSPS) is 14.9. The number of carbonyl (C=O) groups is 1. The van der Waals surface area contributed by atoms with E-state index < -0.39 is 0 Å². The first-order valence-corrected chi connectivity index (χ1v) is 7.99. The molecule has 1 fully saturated rings. The Balaban J connectivity index is 0.00000264.